The van der Waals surface area contributed by atoms with Crippen LogP contribution in [-0.4, -0.2) is 10.8 Å². The average Bonchev–Trinajstić information content (AvgIpc) is 2.78. The second-order valence-electron chi connectivity index (χ2n) is 8.87. The Hall–Kier alpha value is -0.0800. The predicted molar refractivity (Wildman–Crippen MR) is 80.9 cm³/mol. The van der Waals surface area contributed by atoms with Crippen molar-refractivity contribution >= 4 is 0 Å². The van der Waals surface area contributed by atoms with Crippen LogP contribution in [0.1, 0.15) is 71.1 Å². The standard InChI is InChI=1S/C18H31NO/c1-17-8-2-3-16(17)15-5-4-12-11-18(19,20)10-7-13(12)14(15)6-9-17/h12-16,20H,2-11,19H2,1H3/t12?,13-,14+,15+,16-,17-,18?/m0/s1. The zero-order valence-electron chi connectivity index (χ0n) is 13.0. The van der Waals surface area contributed by atoms with E-state index in [1.807, 2.05) is 0 Å². The molecule has 2 heteroatoms. The van der Waals surface area contributed by atoms with Crippen molar-refractivity contribution in [3.8, 4) is 0 Å². The molecule has 4 fully saturated rings. The third-order valence-electron chi connectivity index (χ3n) is 7.83. The highest BCUT2D eigenvalue weighted by Crippen LogP contribution is 2.62. The molecule has 0 spiro atoms. The summed E-state index contributed by atoms with van der Waals surface area (Å²) in [7, 11) is 0. The van der Waals surface area contributed by atoms with Gasteiger partial charge in [-0.25, -0.2) is 0 Å². The minimum atomic E-state index is -0.857. The first-order valence-electron chi connectivity index (χ1n) is 9.00. The lowest BCUT2D eigenvalue weighted by atomic mass is 9.50. The summed E-state index contributed by atoms with van der Waals surface area (Å²) in [6.45, 7) is 2.58. The summed E-state index contributed by atoms with van der Waals surface area (Å²) in [5, 5.41) is 10.2. The molecular formula is C18H31NO. The number of aliphatic hydroxyl groups is 1. The Morgan fingerprint density at radius 1 is 0.900 bits per heavy atom. The van der Waals surface area contributed by atoms with Gasteiger partial charge in [0.2, 0.25) is 0 Å². The Morgan fingerprint density at radius 3 is 2.55 bits per heavy atom. The molecule has 0 aromatic rings. The highest BCUT2D eigenvalue weighted by Gasteiger charge is 2.54. The maximum Gasteiger partial charge on any atom is 0.113 e. The van der Waals surface area contributed by atoms with Crippen LogP contribution in [0.2, 0.25) is 0 Å². The fourth-order valence-corrected chi connectivity index (χ4v) is 6.90. The van der Waals surface area contributed by atoms with Crippen molar-refractivity contribution < 1.29 is 5.11 Å². The van der Waals surface area contributed by atoms with Crippen molar-refractivity contribution in [3.63, 3.8) is 0 Å². The number of hydrogen-bond acceptors (Lipinski definition) is 2. The third-order valence-corrected chi connectivity index (χ3v) is 7.83. The molecular weight excluding hydrogens is 246 g/mol. The topological polar surface area (TPSA) is 46.2 Å². The Balaban J connectivity index is 1.55. The van der Waals surface area contributed by atoms with E-state index < -0.39 is 5.72 Å². The van der Waals surface area contributed by atoms with E-state index in [-0.39, 0.29) is 0 Å². The minimum absolute atomic E-state index is 0.678. The third kappa shape index (κ3) is 1.98. The van der Waals surface area contributed by atoms with Crippen LogP contribution in [0.3, 0.4) is 0 Å². The van der Waals surface area contributed by atoms with E-state index in [0.717, 1.165) is 36.5 Å². The monoisotopic (exact) mass is 277 g/mol. The number of nitrogens with two attached hydrogens (primary N) is 1. The van der Waals surface area contributed by atoms with Gasteiger partial charge in [-0.05, 0) is 92.8 Å². The maximum absolute atomic E-state index is 10.2. The summed E-state index contributed by atoms with van der Waals surface area (Å²) in [6, 6.07) is 0. The molecule has 0 bridgehead atoms. The molecule has 0 aliphatic heterocycles. The second-order valence-corrected chi connectivity index (χ2v) is 8.87. The Labute approximate surface area is 123 Å². The Morgan fingerprint density at radius 2 is 1.70 bits per heavy atom. The highest BCUT2D eigenvalue weighted by atomic mass is 16.3. The first-order chi connectivity index (χ1) is 9.49. The van der Waals surface area contributed by atoms with E-state index >= 15 is 0 Å². The zero-order valence-corrected chi connectivity index (χ0v) is 13.0. The van der Waals surface area contributed by atoms with E-state index in [1.165, 1.54) is 51.4 Å². The first-order valence-corrected chi connectivity index (χ1v) is 9.00. The molecule has 114 valence electrons. The smallest absolute Gasteiger partial charge is 0.113 e. The minimum Gasteiger partial charge on any atom is -0.376 e. The summed E-state index contributed by atoms with van der Waals surface area (Å²) >= 11 is 0. The normalized spacial score (nSPS) is 58.6. The SMILES string of the molecule is C[C@@]12CCC[C@H]1[C@@H]1CCC3CC(N)(O)CC[C@@H]3[C@H]1CC2. The van der Waals surface area contributed by atoms with Crippen molar-refractivity contribution in [2.45, 2.75) is 76.9 Å². The van der Waals surface area contributed by atoms with Gasteiger partial charge in [0.25, 0.3) is 0 Å². The van der Waals surface area contributed by atoms with Crippen LogP contribution in [0, 0.1) is 35.0 Å². The van der Waals surface area contributed by atoms with Gasteiger partial charge in [-0.3, -0.25) is 0 Å². The van der Waals surface area contributed by atoms with E-state index in [9.17, 15) is 5.11 Å². The molecule has 0 saturated heterocycles. The summed E-state index contributed by atoms with van der Waals surface area (Å²) < 4.78 is 0. The summed E-state index contributed by atoms with van der Waals surface area (Å²) in [4.78, 5) is 0. The quantitative estimate of drug-likeness (QED) is 0.664. The molecule has 0 aromatic carbocycles. The zero-order chi connectivity index (χ0) is 14.0. The Kier molecular flexibility index (Phi) is 3.03. The molecule has 3 N–H and O–H groups in total. The largest absolute Gasteiger partial charge is 0.376 e. The van der Waals surface area contributed by atoms with Crippen LogP contribution >= 0.6 is 0 Å². The van der Waals surface area contributed by atoms with Gasteiger partial charge in [-0.2, -0.15) is 0 Å². The number of hydrogen-bond donors (Lipinski definition) is 2. The molecule has 0 radical (unpaired) electrons. The van der Waals surface area contributed by atoms with Gasteiger partial charge in [0.1, 0.15) is 5.72 Å². The summed E-state index contributed by atoms with van der Waals surface area (Å²) in [6.07, 6.45) is 13.0. The molecule has 4 rings (SSSR count). The summed E-state index contributed by atoms with van der Waals surface area (Å²) in [5.74, 6) is 4.57. The van der Waals surface area contributed by atoms with Crippen molar-refractivity contribution in [2.75, 3.05) is 0 Å². The van der Waals surface area contributed by atoms with Crippen LogP contribution in [0.25, 0.3) is 0 Å². The lowest BCUT2D eigenvalue weighted by Gasteiger charge is -2.56. The van der Waals surface area contributed by atoms with Crippen molar-refractivity contribution in [1.29, 1.82) is 0 Å². The molecule has 0 amide bonds. The van der Waals surface area contributed by atoms with E-state index in [4.69, 9.17) is 5.73 Å². The average molecular weight is 277 g/mol. The molecule has 0 heterocycles. The fraction of sp³-hybridized carbons (Fsp3) is 1.00. The van der Waals surface area contributed by atoms with Crippen molar-refractivity contribution in [1.82, 2.24) is 0 Å². The highest BCUT2D eigenvalue weighted by molar-refractivity contribution is 5.04. The van der Waals surface area contributed by atoms with Crippen LogP contribution in [0.5, 0.6) is 0 Å². The fourth-order valence-electron chi connectivity index (χ4n) is 6.90. The lowest BCUT2D eigenvalue weighted by molar-refractivity contribution is -0.0981. The van der Waals surface area contributed by atoms with Gasteiger partial charge < -0.3 is 10.8 Å². The summed E-state index contributed by atoms with van der Waals surface area (Å²) in [5.41, 5.74) is 5.84. The second kappa shape index (κ2) is 4.46. The molecule has 2 nitrogen and oxygen atoms in total. The molecule has 0 aromatic heterocycles. The van der Waals surface area contributed by atoms with Crippen LogP contribution < -0.4 is 5.73 Å². The van der Waals surface area contributed by atoms with Gasteiger partial charge in [-0.15, -0.1) is 0 Å². The number of rotatable bonds is 0. The van der Waals surface area contributed by atoms with E-state index in [2.05, 4.69) is 6.92 Å². The predicted octanol–water partition coefficient (Wildman–Crippen LogP) is 3.68. The molecule has 20 heavy (non-hydrogen) atoms. The molecule has 4 aliphatic carbocycles. The van der Waals surface area contributed by atoms with Crippen molar-refractivity contribution in [3.05, 3.63) is 0 Å². The molecule has 7 atom stereocenters. The first kappa shape index (κ1) is 13.6. The molecule has 4 saturated carbocycles. The molecule has 2 unspecified atom stereocenters. The van der Waals surface area contributed by atoms with Gasteiger partial charge >= 0.3 is 0 Å². The maximum atomic E-state index is 10.2. The number of fused-ring (bicyclic) bond motifs is 5. The van der Waals surface area contributed by atoms with Crippen LogP contribution in [0.4, 0.5) is 0 Å². The van der Waals surface area contributed by atoms with Gasteiger partial charge in [0, 0.05) is 0 Å². The van der Waals surface area contributed by atoms with E-state index in [0.29, 0.717) is 11.3 Å². The van der Waals surface area contributed by atoms with Gasteiger partial charge in [0.15, 0.2) is 0 Å². The van der Waals surface area contributed by atoms with Gasteiger partial charge in [-0.1, -0.05) is 13.3 Å². The lowest BCUT2D eigenvalue weighted by Crippen LogP contribution is -2.52. The van der Waals surface area contributed by atoms with Crippen molar-refractivity contribution in [2.24, 2.45) is 40.7 Å². The Bertz CT molecular complexity index is 393. The van der Waals surface area contributed by atoms with E-state index in [1.54, 1.807) is 0 Å². The van der Waals surface area contributed by atoms with Crippen LogP contribution in [0.15, 0.2) is 0 Å². The van der Waals surface area contributed by atoms with Crippen LogP contribution in [-0.2, 0) is 0 Å². The molecule has 4 aliphatic rings. The van der Waals surface area contributed by atoms with Gasteiger partial charge in [0.05, 0.1) is 0 Å².